The van der Waals surface area contributed by atoms with Crippen LogP contribution in [0.25, 0.3) is 0 Å². The summed E-state index contributed by atoms with van der Waals surface area (Å²) in [6.07, 6.45) is 4.46. The molecule has 2 aliphatic rings. The van der Waals surface area contributed by atoms with Gasteiger partial charge in [0.2, 0.25) is 5.91 Å². The Hall–Kier alpha value is -1.31. The number of likely N-dealkylation sites (tertiary alicyclic amines) is 1. The van der Waals surface area contributed by atoms with Gasteiger partial charge in [-0.05, 0) is 55.7 Å². The predicted octanol–water partition coefficient (Wildman–Crippen LogP) is 2.91. The van der Waals surface area contributed by atoms with Crippen LogP contribution in [0.2, 0.25) is 0 Å². The van der Waals surface area contributed by atoms with Crippen LogP contribution in [0.4, 0.5) is 0 Å². The quantitative estimate of drug-likeness (QED) is 0.781. The molecule has 1 saturated carbocycles. The molecule has 0 N–H and O–H groups in total. The first kappa shape index (κ1) is 11.8. The summed E-state index contributed by atoms with van der Waals surface area (Å²) >= 11 is 0. The maximum Gasteiger partial charge on any atom is 0.225 e. The minimum absolute atomic E-state index is 0.370. The molecule has 1 aromatic rings. The lowest BCUT2D eigenvalue weighted by Crippen LogP contribution is -2.38. The van der Waals surface area contributed by atoms with Crippen LogP contribution in [0.15, 0.2) is 18.2 Å². The first-order valence-electron chi connectivity index (χ1n) is 7.01. The number of aryl methyl sites for hydroxylation is 1. The summed E-state index contributed by atoms with van der Waals surface area (Å²) in [6, 6.07) is 9.63. The third-order valence-corrected chi connectivity index (χ3v) is 4.17. The molecule has 1 saturated heterocycles. The van der Waals surface area contributed by atoms with Gasteiger partial charge in [0.1, 0.15) is 0 Å². The average Bonchev–Trinajstić information content (AvgIpc) is 3.22. The Balaban J connectivity index is 1.61. The average molecular weight is 242 g/mol. The zero-order valence-corrected chi connectivity index (χ0v) is 11.0. The Labute approximate surface area is 109 Å². The minimum Gasteiger partial charge on any atom is -0.342 e. The molecule has 1 aromatic carbocycles. The van der Waals surface area contributed by atoms with E-state index in [0.717, 1.165) is 38.8 Å². The largest absolute Gasteiger partial charge is 0.342 e. The van der Waals surface area contributed by atoms with Gasteiger partial charge in [-0.3, -0.25) is 4.79 Å². The molecule has 2 nitrogen and oxygen atoms in total. The van der Waals surface area contributed by atoms with E-state index in [-0.39, 0.29) is 0 Å². The molecule has 0 spiro atoms. The summed E-state index contributed by atoms with van der Waals surface area (Å²) in [5.74, 6) is 1.41. The van der Waals surface area contributed by atoms with Crippen LogP contribution < -0.4 is 0 Å². The molecular formula is C16H20NO. The normalized spacial score (nSPS) is 21.1. The third-order valence-electron chi connectivity index (χ3n) is 4.17. The molecule has 1 radical (unpaired) electrons. The van der Waals surface area contributed by atoms with Gasteiger partial charge in [0, 0.05) is 19.0 Å². The fourth-order valence-corrected chi connectivity index (χ4v) is 2.88. The van der Waals surface area contributed by atoms with E-state index in [4.69, 9.17) is 0 Å². The highest BCUT2D eigenvalue weighted by Gasteiger charge is 2.34. The molecule has 1 aliphatic carbocycles. The van der Waals surface area contributed by atoms with Crippen molar-refractivity contribution in [3.05, 3.63) is 35.4 Å². The first-order chi connectivity index (χ1) is 8.74. The fraction of sp³-hybridized carbons (Fsp3) is 0.562. The number of piperidine rings is 1. The van der Waals surface area contributed by atoms with Crippen LogP contribution in [0, 0.1) is 18.9 Å². The number of hydrogen-bond donors (Lipinski definition) is 0. The van der Waals surface area contributed by atoms with Crippen molar-refractivity contribution in [1.29, 1.82) is 0 Å². The van der Waals surface area contributed by atoms with Crippen molar-refractivity contribution in [2.45, 2.75) is 38.5 Å². The smallest absolute Gasteiger partial charge is 0.225 e. The molecule has 2 fully saturated rings. The number of amides is 1. The van der Waals surface area contributed by atoms with Gasteiger partial charge >= 0.3 is 0 Å². The highest BCUT2D eigenvalue weighted by molar-refractivity contribution is 5.81. The molecular weight excluding hydrogens is 222 g/mol. The highest BCUT2D eigenvalue weighted by atomic mass is 16.2. The molecule has 1 amide bonds. The van der Waals surface area contributed by atoms with Crippen molar-refractivity contribution >= 4 is 5.91 Å². The van der Waals surface area contributed by atoms with E-state index in [0.29, 0.717) is 17.7 Å². The van der Waals surface area contributed by atoms with E-state index in [1.54, 1.807) is 0 Å². The van der Waals surface area contributed by atoms with Crippen molar-refractivity contribution in [3.8, 4) is 0 Å². The molecule has 2 heteroatoms. The maximum atomic E-state index is 12.0. The van der Waals surface area contributed by atoms with Crippen molar-refractivity contribution in [1.82, 2.24) is 4.90 Å². The van der Waals surface area contributed by atoms with Crippen LogP contribution >= 0.6 is 0 Å². The minimum atomic E-state index is 0.370. The maximum absolute atomic E-state index is 12.0. The van der Waals surface area contributed by atoms with Crippen LogP contribution in [0.5, 0.6) is 0 Å². The number of rotatable bonds is 2. The van der Waals surface area contributed by atoms with Gasteiger partial charge in [0.25, 0.3) is 0 Å². The highest BCUT2D eigenvalue weighted by Crippen LogP contribution is 2.34. The molecule has 0 bridgehead atoms. The SMILES string of the molecule is Cc1[c]ccc(C2CCN(C(=O)C3CC3)CC2)c1. The van der Waals surface area contributed by atoms with Crippen molar-refractivity contribution < 1.29 is 4.79 Å². The van der Waals surface area contributed by atoms with E-state index in [2.05, 4.69) is 30.0 Å². The predicted molar refractivity (Wildman–Crippen MR) is 71.3 cm³/mol. The Morgan fingerprint density at radius 2 is 2.00 bits per heavy atom. The Morgan fingerprint density at radius 3 is 2.61 bits per heavy atom. The van der Waals surface area contributed by atoms with Crippen molar-refractivity contribution in [2.75, 3.05) is 13.1 Å². The van der Waals surface area contributed by atoms with Gasteiger partial charge in [-0.25, -0.2) is 0 Å². The number of benzene rings is 1. The Bertz CT molecular complexity index is 442. The number of carbonyl (C=O) groups excluding carboxylic acids is 1. The topological polar surface area (TPSA) is 20.3 Å². The van der Waals surface area contributed by atoms with Gasteiger partial charge in [-0.2, -0.15) is 0 Å². The van der Waals surface area contributed by atoms with Crippen LogP contribution in [0.1, 0.15) is 42.7 Å². The van der Waals surface area contributed by atoms with Gasteiger partial charge in [0.05, 0.1) is 0 Å². The fourth-order valence-electron chi connectivity index (χ4n) is 2.88. The molecule has 3 rings (SSSR count). The van der Waals surface area contributed by atoms with Gasteiger partial charge in [-0.15, -0.1) is 0 Å². The van der Waals surface area contributed by atoms with Crippen LogP contribution in [0.3, 0.4) is 0 Å². The lowest BCUT2D eigenvalue weighted by atomic mass is 9.88. The van der Waals surface area contributed by atoms with Gasteiger partial charge in [0.15, 0.2) is 0 Å². The molecule has 95 valence electrons. The summed E-state index contributed by atoms with van der Waals surface area (Å²) in [5, 5.41) is 0. The second-order valence-corrected chi connectivity index (χ2v) is 5.68. The van der Waals surface area contributed by atoms with Gasteiger partial charge < -0.3 is 4.90 Å². The number of hydrogen-bond acceptors (Lipinski definition) is 1. The van der Waals surface area contributed by atoms with E-state index in [9.17, 15) is 4.79 Å². The van der Waals surface area contributed by atoms with Crippen molar-refractivity contribution in [2.24, 2.45) is 5.92 Å². The lowest BCUT2D eigenvalue weighted by Gasteiger charge is -2.32. The Morgan fingerprint density at radius 1 is 1.28 bits per heavy atom. The molecule has 1 aliphatic heterocycles. The molecule has 18 heavy (non-hydrogen) atoms. The number of nitrogens with zero attached hydrogens (tertiary/aromatic N) is 1. The van der Waals surface area contributed by atoms with E-state index >= 15 is 0 Å². The molecule has 0 unspecified atom stereocenters. The molecule has 0 atom stereocenters. The zero-order valence-electron chi connectivity index (χ0n) is 11.0. The summed E-state index contributed by atoms with van der Waals surface area (Å²) in [6.45, 7) is 3.98. The Kier molecular flexibility index (Phi) is 3.11. The second kappa shape index (κ2) is 4.75. The van der Waals surface area contributed by atoms with Crippen LogP contribution in [-0.4, -0.2) is 23.9 Å². The number of carbonyl (C=O) groups is 1. The third kappa shape index (κ3) is 2.43. The molecule has 1 heterocycles. The summed E-state index contributed by atoms with van der Waals surface area (Å²) < 4.78 is 0. The van der Waals surface area contributed by atoms with E-state index in [1.807, 2.05) is 6.07 Å². The van der Waals surface area contributed by atoms with Crippen LogP contribution in [-0.2, 0) is 4.79 Å². The first-order valence-corrected chi connectivity index (χ1v) is 7.01. The standard InChI is InChI=1S/C16H20NO/c1-12-3-2-4-15(11-12)13-7-9-17(10-8-13)16(18)14-5-6-14/h2,4,11,13-14H,5-10H2,1H3. The molecule has 0 aromatic heterocycles. The lowest BCUT2D eigenvalue weighted by molar-refractivity contribution is -0.133. The van der Waals surface area contributed by atoms with Crippen molar-refractivity contribution in [3.63, 3.8) is 0 Å². The van der Waals surface area contributed by atoms with E-state index < -0.39 is 0 Å². The summed E-state index contributed by atoms with van der Waals surface area (Å²) in [5.41, 5.74) is 2.63. The van der Waals surface area contributed by atoms with E-state index in [1.165, 1.54) is 11.1 Å². The monoisotopic (exact) mass is 242 g/mol. The second-order valence-electron chi connectivity index (χ2n) is 5.68. The van der Waals surface area contributed by atoms with Gasteiger partial charge in [-0.1, -0.05) is 18.2 Å². The zero-order chi connectivity index (χ0) is 12.5. The summed E-state index contributed by atoms with van der Waals surface area (Å²) in [7, 11) is 0. The summed E-state index contributed by atoms with van der Waals surface area (Å²) in [4.78, 5) is 14.1.